The van der Waals surface area contributed by atoms with Gasteiger partial charge in [-0.1, -0.05) is 158 Å². The molecule has 0 fully saturated rings. The molecule has 0 N–H and O–H groups in total. The number of hydrogen-bond acceptors (Lipinski definition) is 16. The summed E-state index contributed by atoms with van der Waals surface area (Å²) in [6.45, 7) is 38.5. The Balaban J connectivity index is 0.000000113. The molecule has 15 aromatic carbocycles. The predicted molar refractivity (Wildman–Crippen MR) is 580 cm³/mol. The predicted octanol–water partition coefficient (Wildman–Crippen LogP) is 30.3. The van der Waals surface area contributed by atoms with Crippen LogP contribution >= 0.6 is 0 Å². The van der Waals surface area contributed by atoms with Crippen LogP contribution in [0.3, 0.4) is 0 Å². The monoisotopic (exact) mass is 1790 g/mol. The molecule has 16 heteroatoms. The minimum Gasteiger partial charge on any atom is -0.353 e. The molecule has 136 heavy (non-hydrogen) atoms. The van der Waals surface area contributed by atoms with E-state index in [1.165, 1.54) is 193 Å². The minimum atomic E-state index is 0.128. The lowest BCUT2D eigenvalue weighted by molar-refractivity contribution is 0.606. The number of anilines is 27. The zero-order valence-electron chi connectivity index (χ0n) is 82.7. The quantitative estimate of drug-likeness (QED) is 0.117. The highest BCUT2D eigenvalue weighted by Gasteiger charge is 2.45. The van der Waals surface area contributed by atoms with Crippen LogP contribution in [0.5, 0.6) is 0 Å². The van der Waals surface area contributed by atoms with Crippen LogP contribution in [0.25, 0.3) is 0 Å². The fourth-order valence-electron chi connectivity index (χ4n) is 22.9. The fourth-order valence-corrected chi connectivity index (χ4v) is 22.9. The highest BCUT2D eigenvalue weighted by atomic mass is 15.5. The largest absolute Gasteiger partial charge is 0.353 e. The molecule has 8 heterocycles. The first-order valence-electron chi connectivity index (χ1n) is 48.5. The summed E-state index contributed by atoms with van der Waals surface area (Å²) >= 11 is 0. The van der Waals surface area contributed by atoms with Crippen molar-refractivity contribution in [1.29, 1.82) is 0 Å². The summed E-state index contributed by atoms with van der Waals surface area (Å²) in [4.78, 5) is 39.2. The van der Waals surface area contributed by atoms with Crippen LogP contribution in [0.15, 0.2) is 340 Å². The topological polar surface area (TPSA) is 51.8 Å². The van der Waals surface area contributed by atoms with Gasteiger partial charge in [0.05, 0.1) is 91.0 Å². The number of aryl methyl sites for hydroxylation is 3. The Morgan fingerprint density at radius 2 is 0.338 bits per heavy atom. The molecule has 8 aliphatic heterocycles. The summed E-state index contributed by atoms with van der Waals surface area (Å²) in [5, 5.41) is 0. The summed E-state index contributed by atoms with van der Waals surface area (Å²) in [7, 11) is 8.76. The molecule has 0 aliphatic carbocycles. The molecule has 0 amide bonds. The number of para-hydroxylation sites is 13. The van der Waals surface area contributed by atoms with Crippen LogP contribution in [0.2, 0.25) is 0 Å². The smallest absolute Gasteiger partial charge is 0.108 e. The first-order valence-corrected chi connectivity index (χ1v) is 48.5. The standard InChI is InChI=1S/C35H32N4.C30H30N4.C28H34N4.C27H32N4/c1-25-30(38-26(2)36(28-15-6-4-7-16-28)32-19-10-12-21-34(32)38)23-14-24-31(25)39-27(3)37(29-17-8-5-9-18-29)33-20-11-13-22-35(33)39;1-21-25(33-22(2)31(4)27-15-8-9-16-28(27)33)19-12-20-26(21)34-23(3)32(24-13-6-5-7-14-24)29-17-10-11-18-30(29)34;1-18(2)30-22(6)32(26-12-9-8-11-25(26)30)24-14-10-13-23(20(24)4)31-21(5)29(7)28-17-19(3)15-16-27(28)31;1-17-11-13-24-26(15-17)28(6)20(4)30(24)22-9-8-10-23(19(22)3)31-21(5)29(7)27-16-18(2)12-14-25(27)31/h4-24,26-27H,1-3H3;5-20,22-23H,1-4H3;8-18,21-22H,1-7H3;8-16,20-21H,1-7H3/t26-,27+;22-,23+;21-,22+;20-,21+/m.01./s1. The van der Waals surface area contributed by atoms with Crippen LogP contribution in [-0.4, -0.2) is 83.6 Å². The highest BCUT2D eigenvalue weighted by molar-refractivity contribution is 5.98. The number of fused-ring (bicyclic) bond motifs is 8. The summed E-state index contributed by atoms with van der Waals surface area (Å²) in [6.07, 6.45) is 1.70. The van der Waals surface area contributed by atoms with E-state index in [1.54, 1.807) is 0 Å². The first kappa shape index (κ1) is 89.0. The fraction of sp³-hybridized carbons (Fsp3) is 0.250. The van der Waals surface area contributed by atoms with E-state index in [1.807, 2.05) is 0 Å². The molecule has 688 valence electrons. The van der Waals surface area contributed by atoms with Crippen molar-refractivity contribution in [2.24, 2.45) is 0 Å². The molecular formula is C120H128N16. The molecule has 0 bridgehead atoms. The molecule has 0 spiro atoms. The third-order valence-corrected chi connectivity index (χ3v) is 30.1. The molecule has 0 saturated heterocycles. The van der Waals surface area contributed by atoms with Crippen LogP contribution in [0.1, 0.15) is 108 Å². The third kappa shape index (κ3) is 14.8. The van der Waals surface area contributed by atoms with Crippen molar-refractivity contribution in [2.45, 2.75) is 173 Å². The molecule has 0 unspecified atom stereocenters. The summed E-state index contributed by atoms with van der Waals surface area (Å²) in [5.41, 5.74) is 43.0. The Labute approximate surface area is 806 Å². The van der Waals surface area contributed by atoms with E-state index in [0.717, 1.165) is 0 Å². The highest BCUT2D eigenvalue weighted by Crippen LogP contribution is 2.58. The van der Waals surface area contributed by atoms with E-state index in [-0.39, 0.29) is 49.3 Å². The zero-order valence-corrected chi connectivity index (χ0v) is 82.7. The number of rotatable bonds is 12. The van der Waals surface area contributed by atoms with Crippen LogP contribution in [0, 0.1) is 48.5 Å². The Morgan fingerprint density at radius 1 is 0.162 bits per heavy atom. The minimum absolute atomic E-state index is 0.128. The first-order chi connectivity index (χ1) is 65.8. The normalized spacial score (nSPS) is 19.0. The van der Waals surface area contributed by atoms with Gasteiger partial charge in [-0.25, -0.2) is 0 Å². The van der Waals surface area contributed by atoms with Crippen molar-refractivity contribution >= 4 is 154 Å². The summed E-state index contributed by atoms with van der Waals surface area (Å²) < 4.78 is 0. The lowest BCUT2D eigenvalue weighted by Crippen LogP contribution is -2.42. The molecule has 23 rings (SSSR count). The molecule has 0 aromatic heterocycles. The van der Waals surface area contributed by atoms with Gasteiger partial charge in [0.1, 0.15) is 49.3 Å². The van der Waals surface area contributed by atoms with E-state index in [2.05, 4.69) is 564 Å². The van der Waals surface area contributed by atoms with Crippen molar-refractivity contribution in [3.63, 3.8) is 0 Å². The second-order valence-corrected chi connectivity index (χ2v) is 38.2. The van der Waals surface area contributed by atoms with Gasteiger partial charge in [0.2, 0.25) is 0 Å². The Hall–Kier alpha value is -14.9. The third-order valence-electron chi connectivity index (χ3n) is 30.1. The molecule has 8 atom stereocenters. The van der Waals surface area contributed by atoms with Crippen LogP contribution in [0.4, 0.5) is 154 Å². The van der Waals surface area contributed by atoms with Gasteiger partial charge in [-0.15, -0.1) is 0 Å². The molecule has 0 saturated carbocycles. The van der Waals surface area contributed by atoms with Gasteiger partial charge < -0.3 is 78.4 Å². The van der Waals surface area contributed by atoms with E-state index in [0.29, 0.717) is 6.04 Å². The average molecular weight is 1790 g/mol. The molecule has 8 aliphatic rings. The van der Waals surface area contributed by atoms with Gasteiger partial charge in [0.25, 0.3) is 0 Å². The van der Waals surface area contributed by atoms with Gasteiger partial charge in [-0.3, -0.25) is 0 Å². The van der Waals surface area contributed by atoms with Gasteiger partial charge in [0, 0.05) is 96.8 Å². The Morgan fingerprint density at radius 3 is 0.588 bits per heavy atom. The van der Waals surface area contributed by atoms with E-state index >= 15 is 0 Å². The van der Waals surface area contributed by atoms with Crippen molar-refractivity contribution in [3.05, 3.63) is 379 Å². The SMILES string of the molecule is Cc1c(N2c3ccccc3N(c3ccccc3)[C@H]2C)cccc1N1c2ccccc2N(C)[C@@H]1C.Cc1c(N2c3ccccc3N(c3ccccc3)[C@H]2C)cccc1N1c2ccccc2N(c2ccccc2)[C@@H]1C.Cc1ccc2c(c1)N(C)[C@@H](C)N2c1cccc(N2c3ccc(C)cc3N(C)[C@@H]2C)c1C.Cc1ccc2c(c1)N(C)[C@@H](C)N2c1cccc(N2c3ccccc3N(C(C)C)[C@@H]2C)c1C. The molecular weight excluding hydrogens is 1670 g/mol. The summed E-state index contributed by atoms with van der Waals surface area (Å²) in [6, 6.07) is 124. The van der Waals surface area contributed by atoms with Crippen LogP contribution < -0.4 is 78.4 Å². The second-order valence-electron chi connectivity index (χ2n) is 38.2. The lowest BCUT2D eigenvalue weighted by Gasteiger charge is -2.35. The maximum Gasteiger partial charge on any atom is 0.108 e. The molecule has 16 nitrogen and oxygen atoms in total. The average Bonchev–Trinajstić information content (AvgIpc) is 1.42. The van der Waals surface area contributed by atoms with Gasteiger partial charge in [0.15, 0.2) is 0 Å². The number of benzene rings is 15. The number of nitrogens with zero attached hydrogens (tertiary/aromatic N) is 16. The molecule has 15 aromatic rings. The van der Waals surface area contributed by atoms with E-state index in [4.69, 9.17) is 0 Å². The Bertz CT molecular complexity index is 6750. The van der Waals surface area contributed by atoms with Gasteiger partial charge in [-0.05, 0) is 339 Å². The van der Waals surface area contributed by atoms with E-state index in [9.17, 15) is 0 Å². The van der Waals surface area contributed by atoms with Crippen molar-refractivity contribution in [3.8, 4) is 0 Å². The summed E-state index contributed by atoms with van der Waals surface area (Å²) in [5.74, 6) is 0. The van der Waals surface area contributed by atoms with Crippen molar-refractivity contribution < 1.29 is 0 Å². The van der Waals surface area contributed by atoms with Crippen molar-refractivity contribution in [2.75, 3.05) is 107 Å². The Kier molecular flexibility index (Phi) is 23.4. The maximum atomic E-state index is 2.52. The number of hydrogen-bond donors (Lipinski definition) is 0. The van der Waals surface area contributed by atoms with Gasteiger partial charge in [-0.2, -0.15) is 0 Å². The zero-order chi connectivity index (χ0) is 94.7. The molecule has 0 radical (unpaired) electrons. The van der Waals surface area contributed by atoms with Gasteiger partial charge >= 0.3 is 0 Å². The maximum absolute atomic E-state index is 2.52. The lowest BCUT2D eigenvalue weighted by atomic mass is 10.1. The van der Waals surface area contributed by atoms with Crippen molar-refractivity contribution in [1.82, 2.24) is 0 Å². The second kappa shape index (κ2) is 35.8. The van der Waals surface area contributed by atoms with E-state index < -0.39 is 0 Å². The van der Waals surface area contributed by atoms with Crippen LogP contribution in [-0.2, 0) is 0 Å².